The van der Waals surface area contributed by atoms with Crippen LogP contribution in [-0.2, 0) is 13.0 Å². The van der Waals surface area contributed by atoms with Gasteiger partial charge in [-0.25, -0.2) is 4.98 Å². The number of hydrogen-bond acceptors (Lipinski definition) is 3. The minimum atomic E-state index is 0.0283. The fourth-order valence-corrected chi connectivity index (χ4v) is 2.37. The highest BCUT2D eigenvalue weighted by atomic mass is 16.1. The number of anilines is 1. The molecule has 0 fully saturated rings. The minimum absolute atomic E-state index is 0.0283. The third kappa shape index (κ3) is 2.01. The summed E-state index contributed by atoms with van der Waals surface area (Å²) in [6.45, 7) is 2.53. The minimum Gasteiger partial charge on any atom is -0.351 e. The smallest absolute Gasteiger partial charge is 0.255 e. The highest BCUT2D eigenvalue weighted by Crippen LogP contribution is 2.16. The molecule has 1 atom stereocenters. The maximum absolute atomic E-state index is 11.8. The van der Waals surface area contributed by atoms with Crippen molar-refractivity contribution in [2.75, 3.05) is 5.32 Å². The normalized spacial score (nSPS) is 17.3. The number of aromatic nitrogens is 2. The standard InChI is InChI=1S/C14H15N3O/c1-10-7-13(18)17-9-12(16-14(17)15-10)8-11-5-3-2-4-6-11/h2-7,12H,8-9H2,1H3,(H,15,16). The molecule has 3 rings (SSSR count). The molecular formula is C14H15N3O. The summed E-state index contributed by atoms with van der Waals surface area (Å²) in [6, 6.07) is 12.1. The van der Waals surface area contributed by atoms with E-state index < -0.39 is 0 Å². The van der Waals surface area contributed by atoms with Gasteiger partial charge in [-0.05, 0) is 18.9 Å². The molecule has 1 aromatic heterocycles. The largest absolute Gasteiger partial charge is 0.351 e. The zero-order valence-electron chi connectivity index (χ0n) is 10.3. The van der Waals surface area contributed by atoms with Gasteiger partial charge in [-0.2, -0.15) is 0 Å². The molecule has 0 saturated carbocycles. The first kappa shape index (κ1) is 11.0. The first-order chi connectivity index (χ1) is 8.72. The van der Waals surface area contributed by atoms with Crippen LogP contribution in [0.3, 0.4) is 0 Å². The van der Waals surface area contributed by atoms with E-state index in [0.29, 0.717) is 12.5 Å². The number of nitrogens with zero attached hydrogens (tertiary/aromatic N) is 2. The quantitative estimate of drug-likeness (QED) is 0.868. The van der Waals surface area contributed by atoms with Gasteiger partial charge in [0.05, 0.1) is 6.04 Å². The molecule has 0 bridgehead atoms. The average Bonchev–Trinajstić information content (AvgIpc) is 2.73. The van der Waals surface area contributed by atoms with Gasteiger partial charge in [0.1, 0.15) is 0 Å². The van der Waals surface area contributed by atoms with Crippen LogP contribution < -0.4 is 10.9 Å². The molecule has 4 nitrogen and oxygen atoms in total. The molecule has 1 aliphatic rings. The average molecular weight is 241 g/mol. The first-order valence-electron chi connectivity index (χ1n) is 6.11. The van der Waals surface area contributed by atoms with E-state index >= 15 is 0 Å². The molecule has 0 saturated heterocycles. The van der Waals surface area contributed by atoms with Crippen LogP contribution in [0.5, 0.6) is 0 Å². The van der Waals surface area contributed by atoms with Crippen LogP contribution in [0, 0.1) is 6.92 Å². The summed E-state index contributed by atoms with van der Waals surface area (Å²) < 4.78 is 1.71. The molecule has 0 aliphatic carbocycles. The van der Waals surface area contributed by atoms with E-state index in [9.17, 15) is 4.79 Å². The summed E-state index contributed by atoms with van der Waals surface area (Å²) in [5, 5.41) is 3.32. The molecule has 0 amide bonds. The number of aryl methyl sites for hydroxylation is 1. The van der Waals surface area contributed by atoms with Crippen LogP contribution in [0.2, 0.25) is 0 Å². The predicted molar refractivity (Wildman–Crippen MR) is 70.8 cm³/mol. The summed E-state index contributed by atoms with van der Waals surface area (Å²) >= 11 is 0. The van der Waals surface area contributed by atoms with Crippen molar-refractivity contribution < 1.29 is 0 Å². The van der Waals surface area contributed by atoms with E-state index in [-0.39, 0.29) is 11.6 Å². The second-order valence-corrected chi connectivity index (χ2v) is 4.70. The molecule has 1 aliphatic heterocycles. The number of hydrogen-bond donors (Lipinski definition) is 1. The second-order valence-electron chi connectivity index (χ2n) is 4.70. The van der Waals surface area contributed by atoms with Crippen LogP contribution in [0.1, 0.15) is 11.3 Å². The van der Waals surface area contributed by atoms with Crippen molar-refractivity contribution >= 4 is 5.95 Å². The lowest BCUT2D eigenvalue weighted by atomic mass is 10.1. The zero-order valence-corrected chi connectivity index (χ0v) is 10.3. The Balaban J connectivity index is 1.81. The van der Waals surface area contributed by atoms with Gasteiger partial charge in [0.2, 0.25) is 5.95 Å². The SMILES string of the molecule is Cc1cc(=O)n2c(n1)NC(Cc1ccccc1)C2. The molecule has 18 heavy (non-hydrogen) atoms. The van der Waals surface area contributed by atoms with Crippen LogP contribution in [-0.4, -0.2) is 15.6 Å². The predicted octanol–water partition coefficient (Wildman–Crippen LogP) is 1.59. The van der Waals surface area contributed by atoms with Gasteiger partial charge in [0.25, 0.3) is 5.56 Å². The fourth-order valence-electron chi connectivity index (χ4n) is 2.37. The van der Waals surface area contributed by atoms with E-state index in [1.807, 2.05) is 25.1 Å². The van der Waals surface area contributed by atoms with Crippen molar-refractivity contribution in [3.8, 4) is 0 Å². The Labute approximate surface area is 105 Å². The fraction of sp³-hybridized carbons (Fsp3) is 0.286. The lowest BCUT2D eigenvalue weighted by Gasteiger charge is -2.09. The van der Waals surface area contributed by atoms with Gasteiger partial charge >= 0.3 is 0 Å². The summed E-state index contributed by atoms with van der Waals surface area (Å²) in [5.41, 5.74) is 2.06. The van der Waals surface area contributed by atoms with E-state index in [1.165, 1.54) is 5.56 Å². The van der Waals surface area contributed by atoms with Crippen molar-refractivity contribution in [2.45, 2.75) is 25.9 Å². The number of benzene rings is 1. The Morgan fingerprint density at radius 1 is 1.39 bits per heavy atom. The van der Waals surface area contributed by atoms with Crippen molar-refractivity contribution in [3.63, 3.8) is 0 Å². The molecule has 4 heteroatoms. The van der Waals surface area contributed by atoms with Crippen molar-refractivity contribution in [1.82, 2.24) is 9.55 Å². The van der Waals surface area contributed by atoms with Gasteiger partial charge in [0.15, 0.2) is 0 Å². The van der Waals surface area contributed by atoms with Crippen LogP contribution in [0.15, 0.2) is 41.2 Å². The second kappa shape index (κ2) is 4.29. The molecule has 2 heterocycles. The van der Waals surface area contributed by atoms with Gasteiger partial charge in [-0.15, -0.1) is 0 Å². The van der Waals surface area contributed by atoms with Crippen molar-refractivity contribution in [1.29, 1.82) is 0 Å². The van der Waals surface area contributed by atoms with E-state index in [2.05, 4.69) is 22.4 Å². The topological polar surface area (TPSA) is 46.9 Å². The highest BCUT2D eigenvalue weighted by molar-refractivity contribution is 5.34. The Hall–Kier alpha value is -2.10. The summed E-state index contributed by atoms with van der Waals surface area (Å²) in [4.78, 5) is 16.2. The Kier molecular flexibility index (Phi) is 2.63. The van der Waals surface area contributed by atoms with Crippen LogP contribution >= 0.6 is 0 Å². The summed E-state index contributed by atoms with van der Waals surface area (Å²) in [5.74, 6) is 0.695. The van der Waals surface area contributed by atoms with Crippen LogP contribution in [0.4, 0.5) is 5.95 Å². The third-order valence-electron chi connectivity index (χ3n) is 3.20. The van der Waals surface area contributed by atoms with Gasteiger partial charge in [-0.1, -0.05) is 30.3 Å². The molecule has 0 radical (unpaired) electrons. The van der Waals surface area contributed by atoms with Crippen LogP contribution in [0.25, 0.3) is 0 Å². The van der Waals surface area contributed by atoms with Gasteiger partial charge < -0.3 is 5.32 Å². The lowest BCUT2D eigenvalue weighted by Crippen LogP contribution is -2.22. The zero-order chi connectivity index (χ0) is 12.5. The van der Waals surface area contributed by atoms with Crippen molar-refractivity contribution in [2.24, 2.45) is 0 Å². The number of rotatable bonds is 2. The number of fused-ring (bicyclic) bond motifs is 1. The van der Waals surface area contributed by atoms with Gasteiger partial charge in [-0.3, -0.25) is 9.36 Å². The monoisotopic (exact) mass is 241 g/mol. The number of nitrogens with one attached hydrogen (secondary N) is 1. The molecule has 1 unspecified atom stereocenters. The molecule has 92 valence electrons. The van der Waals surface area contributed by atoms with E-state index in [0.717, 1.165) is 12.1 Å². The summed E-state index contributed by atoms with van der Waals surface area (Å²) in [6.07, 6.45) is 0.905. The molecule has 1 aromatic carbocycles. The van der Waals surface area contributed by atoms with E-state index in [1.54, 1.807) is 10.6 Å². The molecule has 2 aromatic rings. The first-order valence-corrected chi connectivity index (χ1v) is 6.11. The Morgan fingerprint density at radius 2 is 2.17 bits per heavy atom. The Morgan fingerprint density at radius 3 is 2.94 bits per heavy atom. The summed E-state index contributed by atoms with van der Waals surface area (Å²) in [7, 11) is 0. The van der Waals surface area contributed by atoms with Gasteiger partial charge in [0, 0.05) is 18.3 Å². The maximum atomic E-state index is 11.8. The third-order valence-corrected chi connectivity index (χ3v) is 3.20. The molecule has 1 N–H and O–H groups in total. The van der Waals surface area contributed by atoms with Crippen molar-refractivity contribution in [3.05, 3.63) is 58.0 Å². The van der Waals surface area contributed by atoms with E-state index in [4.69, 9.17) is 0 Å². The lowest BCUT2D eigenvalue weighted by molar-refractivity contribution is 0.630. The highest BCUT2D eigenvalue weighted by Gasteiger charge is 2.22. The maximum Gasteiger partial charge on any atom is 0.255 e. The molecular weight excluding hydrogens is 226 g/mol. The molecule has 0 spiro atoms. The Bertz CT molecular complexity index is 619.